The zero-order chi connectivity index (χ0) is 20.7. The number of rotatable bonds is 3. The number of carbonyl (C=O) groups excluding carboxylic acids is 2. The van der Waals surface area contributed by atoms with E-state index in [0.717, 1.165) is 29.8 Å². The molecule has 7 nitrogen and oxygen atoms in total. The molecule has 30 heavy (non-hydrogen) atoms. The molecule has 3 aliphatic rings. The third-order valence-corrected chi connectivity index (χ3v) is 5.67. The van der Waals surface area contributed by atoms with Gasteiger partial charge in [0.05, 0.1) is 11.9 Å². The highest BCUT2D eigenvalue weighted by atomic mass is 16.7. The van der Waals surface area contributed by atoms with E-state index in [1.54, 1.807) is 24.5 Å². The van der Waals surface area contributed by atoms with Crippen LogP contribution in [-0.4, -0.2) is 23.5 Å². The van der Waals surface area contributed by atoms with Crippen LogP contribution in [0.3, 0.4) is 0 Å². The number of nitrogens with zero attached hydrogens (tertiary/aromatic N) is 1. The van der Waals surface area contributed by atoms with E-state index in [9.17, 15) is 9.59 Å². The number of anilines is 1. The molecule has 0 radical (unpaired) electrons. The Labute approximate surface area is 173 Å². The maximum absolute atomic E-state index is 13.3. The first-order valence-corrected chi connectivity index (χ1v) is 9.97. The molecule has 2 aliphatic heterocycles. The zero-order valence-corrected chi connectivity index (χ0v) is 16.5. The molecular weight excluding hydrogens is 382 g/mol. The molecule has 1 aromatic carbocycles. The number of fused-ring (bicyclic) bond motifs is 1. The molecule has 0 bridgehead atoms. The topological polar surface area (TPSA) is 89.6 Å². The zero-order valence-electron chi connectivity index (χ0n) is 16.5. The van der Waals surface area contributed by atoms with Crippen molar-refractivity contribution < 1.29 is 19.1 Å². The minimum absolute atomic E-state index is 0.0746. The first-order valence-electron chi connectivity index (χ1n) is 9.97. The summed E-state index contributed by atoms with van der Waals surface area (Å²) in [5.41, 5.74) is 4.27. The van der Waals surface area contributed by atoms with Gasteiger partial charge >= 0.3 is 0 Å². The third-order valence-electron chi connectivity index (χ3n) is 5.67. The average Bonchev–Trinajstić information content (AvgIpc) is 3.21. The first kappa shape index (κ1) is 18.4. The quantitative estimate of drug-likeness (QED) is 0.816. The number of allylic oxidation sites excluding steroid dienone is 3. The number of benzene rings is 1. The Morgan fingerprint density at radius 1 is 1.20 bits per heavy atom. The summed E-state index contributed by atoms with van der Waals surface area (Å²) >= 11 is 0. The molecule has 0 saturated heterocycles. The van der Waals surface area contributed by atoms with E-state index in [1.165, 1.54) is 0 Å². The minimum atomic E-state index is -0.472. The van der Waals surface area contributed by atoms with Crippen LogP contribution in [-0.2, 0) is 9.59 Å². The summed E-state index contributed by atoms with van der Waals surface area (Å²) in [6, 6.07) is 9.15. The lowest BCUT2D eigenvalue weighted by Crippen LogP contribution is -2.35. The van der Waals surface area contributed by atoms with Gasteiger partial charge in [0, 0.05) is 41.1 Å². The Kier molecular flexibility index (Phi) is 4.50. The predicted molar refractivity (Wildman–Crippen MR) is 110 cm³/mol. The van der Waals surface area contributed by atoms with Gasteiger partial charge in [-0.1, -0.05) is 6.07 Å². The smallest absolute Gasteiger partial charge is 0.254 e. The van der Waals surface area contributed by atoms with Gasteiger partial charge in [-0.05, 0) is 49.6 Å². The molecular formula is C23H21N3O4. The molecule has 5 rings (SSSR count). The molecule has 1 amide bonds. The highest BCUT2D eigenvalue weighted by Gasteiger charge is 2.39. The average molecular weight is 403 g/mol. The molecule has 2 aromatic rings. The first-order chi connectivity index (χ1) is 14.6. The molecule has 1 atom stereocenters. The van der Waals surface area contributed by atoms with Crippen molar-refractivity contribution in [1.29, 1.82) is 0 Å². The number of aromatic nitrogens is 1. The van der Waals surface area contributed by atoms with Crippen molar-refractivity contribution in [3.63, 3.8) is 0 Å². The van der Waals surface area contributed by atoms with Crippen LogP contribution in [0.15, 0.2) is 65.3 Å². The van der Waals surface area contributed by atoms with Crippen molar-refractivity contribution in [2.75, 3.05) is 12.1 Å². The van der Waals surface area contributed by atoms with Crippen molar-refractivity contribution in [1.82, 2.24) is 10.3 Å². The number of carbonyl (C=O) groups is 2. The summed E-state index contributed by atoms with van der Waals surface area (Å²) < 4.78 is 11.0. The summed E-state index contributed by atoms with van der Waals surface area (Å²) in [7, 11) is 0. The summed E-state index contributed by atoms with van der Waals surface area (Å²) in [6.07, 6.45) is 5.32. The lowest BCUT2D eigenvalue weighted by Gasteiger charge is -2.34. The fraction of sp³-hybridized carbons (Fsp3) is 0.261. The minimum Gasteiger partial charge on any atom is -0.454 e. The lowest BCUT2D eigenvalue weighted by molar-refractivity contribution is -0.116. The largest absolute Gasteiger partial charge is 0.454 e. The van der Waals surface area contributed by atoms with E-state index in [0.29, 0.717) is 34.8 Å². The van der Waals surface area contributed by atoms with Crippen LogP contribution in [0.4, 0.5) is 5.69 Å². The van der Waals surface area contributed by atoms with Crippen LogP contribution in [0.2, 0.25) is 0 Å². The third kappa shape index (κ3) is 3.12. The number of nitrogens with one attached hydrogen (secondary N) is 2. The number of dihydropyridines is 1. The Balaban J connectivity index is 1.60. The number of Topliss-reactive ketones (excluding diaryl/α,β-unsaturated/α-hetero) is 1. The van der Waals surface area contributed by atoms with Crippen molar-refractivity contribution in [3.05, 3.63) is 70.8 Å². The molecule has 0 saturated carbocycles. The predicted octanol–water partition coefficient (Wildman–Crippen LogP) is 3.42. The maximum atomic E-state index is 13.3. The Hall–Kier alpha value is -3.61. The van der Waals surface area contributed by atoms with Gasteiger partial charge in [0.15, 0.2) is 17.3 Å². The van der Waals surface area contributed by atoms with Gasteiger partial charge in [-0.15, -0.1) is 0 Å². The summed E-state index contributed by atoms with van der Waals surface area (Å²) in [5, 5.41) is 6.24. The Bertz CT molecular complexity index is 1100. The molecule has 152 valence electrons. The highest BCUT2D eigenvalue weighted by Crippen LogP contribution is 2.45. The van der Waals surface area contributed by atoms with Crippen LogP contribution in [0.5, 0.6) is 11.5 Å². The summed E-state index contributed by atoms with van der Waals surface area (Å²) in [5.74, 6) is 0.631. The summed E-state index contributed by atoms with van der Waals surface area (Å²) in [4.78, 5) is 30.4. The van der Waals surface area contributed by atoms with Gasteiger partial charge in [-0.25, -0.2) is 0 Å². The van der Waals surface area contributed by atoms with Crippen molar-refractivity contribution in [2.45, 2.75) is 32.1 Å². The summed E-state index contributed by atoms with van der Waals surface area (Å²) in [6.45, 7) is 2.04. The number of ether oxygens (including phenoxy) is 2. The number of hydrogen-bond donors (Lipinski definition) is 2. The molecule has 0 unspecified atom stereocenters. The molecule has 0 spiro atoms. The van der Waals surface area contributed by atoms with Crippen molar-refractivity contribution >= 4 is 17.4 Å². The second-order valence-corrected chi connectivity index (χ2v) is 7.57. The van der Waals surface area contributed by atoms with E-state index in [2.05, 4.69) is 15.6 Å². The van der Waals surface area contributed by atoms with E-state index in [-0.39, 0.29) is 18.5 Å². The Morgan fingerprint density at radius 2 is 2.07 bits per heavy atom. The van der Waals surface area contributed by atoms with Crippen molar-refractivity contribution in [3.8, 4) is 11.5 Å². The van der Waals surface area contributed by atoms with Crippen LogP contribution < -0.4 is 20.1 Å². The van der Waals surface area contributed by atoms with Gasteiger partial charge < -0.3 is 20.1 Å². The van der Waals surface area contributed by atoms with Gasteiger partial charge in [-0.2, -0.15) is 0 Å². The van der Waals surface area contributed by atoms with Gasteiger partial charge in [-0.3, -0.25) is 14.6 Å². The Morgan fingerprint density at radius 3 is 2.90 bits per heavy atom. The molecule has 1 aliphatic carbocycles. The molecule has 1 aromatic heterocycles. The van der Waals surface area contributed by atoms with Crippen LogP contribution in [0.1, 0.15) is 37.7 Å². The van der Waals surface area contributed by atoms with Crippen LogP contribution in [0.25, 0.3) is 0 Å². The van der Waals surface area contributed by atoms with Gasteiger partial charge in [0.25, 0.3) is 5.91 Å². The number of amides is 1. The number of ketones is 1. The second kappa shape index (κ2) is 7.33. The van der Waals surface area contributed by atoms with Gasteiger partial charge in [0.1, 0.15) is 0 Å². The second-order valence-electron chi connectivity index (χ2n) is 7.57. The molecule has 3 heterocycles. The molecule has 7 heteroatoms. The maximum Gasteiger partial charge on any atom is 0.254 e. The highest BCUT2D eigenvalue weighted by molar-refractivity contribution is 6.09. The van der Waals surface area contributed by atoms with E-state index >= 15 is 0 Å². The normalized spacial score (nSPS) is 20.0. The molecule has 0 fully saturated rings. The SMILES string of the molecule is CC1=C(C(=O)Nc2cccnc2)[C@@H](c2ccc3c(c2)OCO3)C2=C(CCCC2=O)N1. The molecule has 2 N–H and O–H groups in total. The number of hydrogen-bond acceptors (Lipinski definition) is 6. The van der Waals surface area contributed by atoms with Crippen LogP contribution >= 0.6 is 0 Å². The van der Waals surface area contributed by atoms with E-state index in [1.807, 2.05) is 25.1 Å². The van der Waals surface area contributed by atoms with Crippen LogP contribution in [0, 0.1) is 0 Å². The van der Waals surface area contributed by atoms with E-state index in [4.69, 9.17) is 9.47 Å². The van der Waals surface area contributed by atoms with Gasteiger partial charge in [0.2, 0.25) is 6.79 Å². The fourth-order valence-corrected chi connectivity index (χ4v) is 4.35. The van der Waals surface area contributed by atoms with E-state index < -0.39 is 5.92 Å². The van der Waals surface area contributed by atoms with Crippen molar-refractivity contribution in [2.24, 2.45) is 0 Å². The standard InChI is InChI=1S/C23H21N3O4/c1-13-20(23(28)26-15-4-3-9-24-11-15)21(22-16(25-13)5-2-6-17(22)27)14-7-8-18-19(10-14)30-12-29-18/h3-4,7-11,21,25H,2,5-6,12H2,1H3,(H,26,28)/t21-/m1/s1. The number of pyridine rings is 1. The fourth-order valence-electron chi connectivity index (χ4n) is 4.35. The lowest BCUT2D eigenvalue weighted by atomic mass is 9.75. The monoisotopic (exact) mass is 403 g/mol.